The number of rotatable bonds is 5. The molecule has 0 radical (unpaired) electrons. The summed E-state index contributed by atoms with van der Waals surface area (Å²) in [7, 11) is 0. The van der Waals surface area contributed by atoms with Gasteiger partial charge in [0, 0.05) is 28.1 Å². The molecule has 1 aromatic rings. The van der Waals surface area contributed by atoms with E-state index in [1.54, 1.807) is 11.3 Å². The van der Waals surface area contributed by atoms with Crippen LogP contribution in [-0.4, -0.2) is 33.8 Å². The predicted octanol–water partition coefficient (Wildman–Crippen LogP) is 3.94. The van der Waals surface area contributed by atoms with Crippen LogP contribution in [0.2, 0.25) is 0 Å². The van der Waals surface area contributed by atoms with E-state index in [9.17, 15) is 4.79 Å². The van der Waals surface area contributed by atoms with Crippen LogP contribution in [-0.2, 0) is 16.0 Å². The minimum absolute atomic E-state index is 0.132. The fraction of sp³-hybridized carbons (Fsp3) is 0.714. The first-order valence-corrected chi connectivity index (χ1v) is 9.84. The van der Waals surface area contributed by atoms with Crippen molar-refractivity contribution in [3.63, 3.8) is 0 Å². The number of thioether (sulfide) groups is 2. The van der Waals surface area contributed by atoms with E-state index in [1.165, 1.54) is 5.01 Å². The van der Waals surface area contributed by atoms with Gasteiger partial charge in [-0.25, -0.2) is 4.98 Å². The molecule has 1 aliphatic heterocycles. The van der Waals surface area contributed by atoms with Crippen LogP contribution in [0.3, 0.4) is 0 Å². The van der Waals surface area contributed by atoms with Gasteiger partial charge >= 0.3 is 5.97 Å². The second-order valence-electron chi connectivity index (χ2n) is 4.85. The monoisotopic (exact) mass is 331 g/mol. The summed E-state index contributed by atoms with van der Waals surface area (Å²) in [5, 5.41) is 5.19. The van der Waals surface area contributed by atoms with Gasteiger partial charge in [0.25, 0.3) is 0 Å². The lowest BCUT2D eigenvalue weighted by molar-refractivity contribution is -0.143. The first-order valence-electron chi connectivity index (χ1n) is 6.97. The highest BCUT2D eigenvalue weighted by Gasteiger charge is 2.28. The smallest absolute Gasteiger partial charge is 0.306 e. The van der Waals surface area contributed by atoms with Crippen LogP contribution in [0.15, 0.2) is 5.38 Å². The van der Waals surface area contributed by atoms with Gasteiger partial charge in [0.1, 0.15) is 5.01 Å². The van der Waals surface area contributed by atoms with E-state index >= 15 is 0 Å². The van der Waals surface area contributed by atoms with Gasteiger partial charge in [0.15, 0.2) is 0 Å². The maximum absolute atomic E-state index is 11.3. The summed E-state index contributed by atoms with van der Waals surface area (Å²) in [6.45, 7) is 6.88. The molecule has 3 unspecified atom stereocenters. The standard InChI is InChI=1S/C14H21NO2S3/c1-4-17-13(16)6-5-11-7-19-14(15-11)12-8-18-9(2)10(3)20-12/h7,9-10,12H,4-6,8H2,1-3H3. The Balaban J connectivity index is 1.87. The van der Waals surface area contributed by atoms with Crippen LogP contribution < -0.4 is 0 Å². The van der Waals surface area contributed by atoms with Gasteiger partial charge in [-0.15, -0.1) is 23.1 Å². The first kappa shape index (κ1) is 16.2. The number of ether oxygens (including phenoxy) is 1. The minimum atomic E-state index is -0.132. The Morgan fingerprint density at radius 1 is 1.45 bits per heavy atom. The van der Waals surface area contributed by atoms with Gasteiger partial charge in [0.2, 0.25) is 0 Å². The molecule has 0 spiro atoms. The van der Waals surface area contributed by atoms with Crippen molar-refractivity contribution in [2.24, 2.45) is 0 Å². The van der Waals surface area contributed by atoms with Crippen LogP contribution >= 0.6 is 34.9 Å². The average molecular weight is 332 g/mol. The molecule has 1 aromatic heterocycles. The highest BCUT2D eigenvalue weighted by Crippen LogP contribution is 2.44. The fourth-order valence-electron chi connectivity index (χ4n) is 1.96. The number of esters is 1. The minimum Gasteiger partial charge on any atom is -0.466 e. The van der Waals surface area contributed by atoms with Crippen LogP contribution in [0.5, 0.6) is 0 Å². The largest absolute Gasteiger partial charge is 0.466 e. The van der Waals surface area contributed by atoms with Crippen molar-refractivity contribution in [2.45, 2.75) is 49.4 Å². The van der Waals surface area contributed by atoms with E-state index < -0.39 is 0 Å². The van der Waals surface area contributed by atoms with Crippen molar-refractivity contribution in [1.29, 1.82) is 0 Å². The van der Waals surface area contributed by atoms with E-state index in [0.717, 1.165) is 16.7 Å². The average Bonchev–Trinajstić information content (AvgIpc) is 2.89. The summed E-state index contributed by atoms with van der Waals surface area (Å²) >= 11 is 5.79. The molecule has 20 heavy (non-hydrogen) atoms. The van der Waals surface area contributed by atoms with Gasteiger partial charge in [-0.05, 0) is 6.92 Å². The van der Waals surface area contributed by atoms with E-state index in [0.29, 0.717) is 29.9 Å². The van der Waals surface area contributed by atoms with Crippen molar-refractivity contribution in [2.75, 3.05) is 12.4 Å². The molecule has 0 aliphatic carbocycles. The Morgan fingerprint density at radius 3 is 2.95 bits per heavy atom. The van der Waals surface area contributed by atoms with Crippen molar-refractivity contribution in [3.05, 3.63) is 16.1 Å². The maximum Gasteiger partial charge on any atom is 0.306 e. The molecular weight excluding hydrogens is 310 g/mol. The third-order valence-electron chi connectivity index (χ3n) is 3.29. The van der Waals surface area contributed by atoms with Gasteiger partial charge < -0.3 is 4.74 Å². The Labute approximate surface area is 133 Å². The number of nitrogens with zero attached hydrogens (tertiary/aromatic N) is 1. The van der Waals surface area contributed by atoms with Crippen molar-refractivity contribution >= 4 is 40.8 Å². The number of aromatic nitrogens is 1. The second-order valence-corrected chi connectivity index (χ2v) is 8.74. The highest BCUT2D eigenvalue weighted by atomic mass is 32.2. The summed E-state index contributed by atoms with van der Waals surface area (Å²) in [6.07, 6.45) is 1.11. The molecule has 0 saturated carbocycles. The maximum atomic E-state index is 11.3. The molecule has 1 aliphatic rings. The highest BCUT2D eigenvalue weighted by molar-refractivity contribution is 8.07. The molecule has 3 nitrogen and oxygen atoms in total. The van der Waals surface area contributed by atoms with E-state index in [-0.39, 0.29) is 5.97 Å². The zero-order chi connectivity index (χ0) is 14.5. The first-order chi connectivity index (χ1) is 9.60. The Bertz CT molecular complexity index is 449. The molecule has 1 fully saturated rings. The molecular formula is C14H21NO2S3. The SMILES string of the molecule is CCOC(=O)CCc1csc(C2CSC(C)C(C)S2)n1. The number of carbonyl (C=O) groups excluding carboxylic acids is 1. The van der Waals surface area contributed by atoms with Crippen molar-refractivity contribution in [1.82, 2.24) is 4.98 Å². The van der Waals surface area contributed by atoms with Crippen molar-refractivity contribution < 1.29 is 9.53 Å². The molecule has 0 bridgehead atoms. The Kier molecular flexibility index (Phi) is 6.23. The molecule has 2 heterocycles. The van der Waals surface area contributed by atoms with Crippen LogP contribution in [0, 0.1) is 0 Å². The molecule has 2 rings (SSSR count). The fourth-order valence-corrected chi connectivity index (χ4v) is 6.03. The molecule has 0 N–H and O–H groups in total. The summed E-state index contributed by atoms with van der Waals surface area (Å²) < 4.78 is 4.94. The van der Waals surface area contributed by atoms with E-state index in [2.05, 4.69) is 19.2 Å². The molecule has 0 amide bonds. The third-order valence-corrected chi connectivity index (χ3v) is 7.84. The number of aryl methyl sites for hydroxylation is 1. The number of hydrogen-bond acceptors (Lipinski definition) is 6. The summed E-state index contributed by atoms with van der Waals surface area (Å²) in [6, 6.07) is 0. The summed E-state index contributed by atoms with van der Waals surface area (Å²) in [5.74, 6) is 1.01. The number of carbonyl (C=O) groups is 1. The zero-order valence-electron chi connectivity index (χ0n) is 12.1. The van der Waals surface area contributed by atoms with Gasteiger partial charge in [-0.2, -0.15) is 11.8 Å². The van der Waals surface area contributed by atoms with Crippen LogP contribution in [0.25, 0.3) is 0 Å². The van der Waals surface area contributed by atoms with Gasteiger partial charge in [-0.1, -0.05) is 13.8 Å². The quantitative estimate of drug-likeness (QED) is 0.764. The number of hydrogen-bond donors (Lipinski definition) is 0. The lowest BCUT2D eigenvalue weighted by atomic mass is 10.2. The number of thiazole rings is 1. The molecule has 6 heteroatoms. The normalized spacial score (nSPS) is 26.4. The second kappa shape index (κ2) is 7.71. The van der Waals surface area contributed by atoms with Crippen LogP contribution in [0.4, 0.5) is 0 Å². The lowest BCUT2D eigenvalue weighted by Crippen LogP contribution is -2.21. The zero-order valence-corrected chi connectivity index (χ0v) is 14.6. The summed E-state index contributed by atoms with van der Waals surface area (Å²) in [4.78, 5) is 16.1. The molecule has 1 saturated heterocycles. The lowest BCUT2D eigenvalue weighted by Gasteiger charge is -2.30. The molecule has 112 valence electrons. The topological polar surface area (TPSA) is 39.2 Å². The molecule has 3 atom stereocenters. The molecule has 0 aromatic carbocycles. The third kappa shape index (κ3) is 4.40. The Hall–Kier alpha value is -0.200. The summed E-state index contributed by atoms with van der Waals surface area (Å²) in [5.41, 5.74) is 1.02. The van der Waals surface area contributed by atoms with Gasteiger partial charge in [0.05, 0.1) is 24.0 Å². The van der Waals surface area contributed by atoms with E-state index in [1.807, 2.05) is 30.4 Å². The van der Waals surface area contributed by atoms with Gasteiger partial charge in [-0.3, -0.25) is 4.79 Å². The van der Waals surface area contributed by atoms with Crippen LogP contribution in [0.1, 0.15) is 43.1 Å². The van der Waals surface area contributed by atoms with E-state index in [4.69, 9.17) is 9.72 Å². The Morgan fingerprint density at radius 2 is 2.25 bits per heavy atom. The van der Waals surface area contributed by atoms with Crippen molar-refractivity contribution in [3.8, 4) is 0 Å². The predicted molar refractivity (Wildman–Crippen MR) is 88.8 cm³/mol.